The van der Waals surface area contributed by atoms with Crippen LogP contribution in [0.1, 0.15) is 10.4 Å². The Hall–Kier alpha value is -3.84. The number of ether oxygens (including phenoxy) is 1. The van der Waals surface area contributed by atoms with Crippen LogP contribution < -0.4 is 15.8 Å². The third-order valence-corrected chi connectivity index (χ3v) is 4.16. The highest BCUT2D eigenvalue weighted by molar-refractivity contribution is 5.95. The van der Waals surface area contributed by atoms with E-state index in [-0.39, 0.29) is 19.0 Å². The molecular formula is C22H21N3O4. The molecule has 0 atom stereocenters. The molecule has 0 aliphatic rings. The number of amides is 3. The average molecular weight is 391 g/mol. The molecule has 3 amide bonds. The Labute approximate surface area is 168 Å². The van der Waals surface area contributed by atoms with Gasteiger partial charge >= 0.3 is 6.03 Å². The number of benzene rings is 3. The first-order chi connectivity index (χ1) is 14.0. The fourth-order valence-electron chi connectivity index (χ4n) is 2.73. The van der Waals surface area contributed by atoms with Gasteiger partial charge in [-0.1, -0.05) is 48.5 Å². The zero-order valence-electron chi connectivity index (χ0n) is 15.6. The molecule has 0 aliphatic carbocycles. The van der Waals surface area contributed by atoms with Crippen LogP contribution in [0.25, 0.3) is 11.1 Å². The van der Waals surface area contributed by atoms with Crippen LogP contribution in [-0.2, 0) is 0 Å². The van der Waals surface area contributed by atoms with Crippen LogP contribution in [0.3, 0.4) is 0 Å². The predicted octanol–water partition coefficient (Wildman–Crippen LogP) is 3.65. The number of primary amides is 1. The van der Waals surface area contributed by atoms with E-state index in [1.165, 1.54) is 0 Å². The van der Waals surface area contributed by atoms with E-state index in [2.05, 4.69) is 5.32 Å². The number of hydroxylamine groups is 2. The number of hydrogen-bond acceptors (Lipinski definition) is 4. The Morgan fingerprint density at radius 1 is 0.966 bits per heavy atom. The number of carbonyl (C=O) groups is 2. The number of carbonyl (C=O) groups excluding carboxylic acids is 2. The molecule has 0 spiro atoms. The van der Waals surface area contributed by atoms with Crippen molar-refractivity contribution in [2.24, 2.45) is 5.73 Å². The van der Waals surface area contributed by atoms with E-state index >= 15 is 0 Å². The molecule has 0 unspecified atom stereocenters. The van der Waals surface area contributed by atoms with E-state index in [1.807, 2.05) is 60.7 Å². The summed E-state index contributed by atoms with van der Waals surface area (Å²) < 4.78 is 6.00. The summed E-state index contributed by atoms with van der Waals surface area (Å²) in [6, 6.07) is 23.2. The molecule has 0 bridgehead atoms. The predicted molar refractivity (Wildman–Crippen MR) is 109 cm³/mol. The van der Waals surface area contributed by atoms with Crippen LogP contribution in [0.2, 0.25) is 0 Å². The lowest BCUT2D eigenvalue weighted by Gasteiger charge is -2.13. The molecule has 7 heteroatoms. The van der Waals surface area contributed by atoms with E-state index in [0.29, 0.717) is 16.4 Å². The van der Waals surface area contributed by atoms with Crippen molar-refractivity contribution >= 4 is 11.9 Å². The summed E-state index contributed by atoms with van der Waals surface area (Å²) in [7, 11) is 0. The van der Waals surface area contributed by atoms with Crippen molar-refractivity contribution in [2.45, 2.75) is 0 Å². The molecule has 29 heavy (non-hydrogen) atoms. The molecule has 0 heterocycles. The van der Waals surface area contributed by atoms with Gasteiger partial charge in [-0.05, 0) is 35.9 Å². The molecule has 0 saturated heterocycles. The van der Waals surface area contributed by atoms with E-state index in [0.717, 1.165) is 16.9 Å². The van der Waals surface area contributed by atoms with Gasteiger partial charge in [-0.3, -0.25) is 10.0 Å². The average Bonchev–Trinajstić information content (AvgIpc) is 2.74. The highest BCUT2D eigenvalue weighted by atomic mass is 16.5. The number of nitrogens with zero attached hydrogens (tertiary/aromatic N) is 1. The van der Waals surface area contributed by atoms with Gasteiger partial charge < -0.3 is 15.8 Å². The van der Waals surface area contributed by atoms with Gasteiger partial charge in [-0.2, -0.15) is 0 Å². The van der Waals surface area contributed by atoms with Crippen LogP contribution in [0.4, 0.5) is 4.79 Å². The topological polar surface area (TPSA) is 105 Å². The van der Waals surface area contributed by atoms with Crippen molar-refractivity contribution < 1.29 is 19.5 Å². The zero-order valence-corrected chi connectivity index (χ0v) is 15.6. The van der Waals surface area contributed by atoms with Gasteiger partial charge in [-0.15, -0.1) is 0 Å². The third-order valence-electron chi connectivity index (χ3n) is 4.16. The normalized spacial score (nSPS) is 10.2. The van der Waals surface area contributed by atoms with Crippen LogP contribution in [0.5, 0.6) is 11.5 Å². The largest absolute Gasteiger partial charge is 0.457 e. The van der Waals surface area contributed by atoms with Crippen LogP contribution in [0.15, 0.2) is 78.9 Å². The second-order valence-corrected chi connectivity index (χ2v) is 6.21. The molecule has 3 aromatic carbocycles. The second-order valence-electron chi connectivity index (χ2n) is 6.21. The summed E-state index contributed by atoms with van der Waals surface area (Å²) in [5.41, 5.74) is 7.05. The lowest BCUT2D eigenvalue weighted by molar-refractivity contribution is -0.0376. The lowest BCUT2D eigenvalue weighted by Crippen LogP contribution is -2.39. The SMILES string of the molecule is NC(=O)N(O)CCNC(=O)c1cccc(-c2ccccc2Oc2ccccc2)c1. The highest BCUT2D eigenvalue weighted by Gasteiger charge is 2.12. The Morgan fingerprint density at radius 3 is 2.45 bits per heavy atom. The Kier molecular flexibility index (Phi) is 6.44. The monoisotopic (exact) mass is 391 g/mol. The Bertz CT molecular complexity index is 992. The number of rotatable bonds is 7. The molecule has 0 fully saturated rings. The third kappa shape index (κ3) is 5.33. The van der Waals surface area contributed by atoms with Crippen LogP contribution >= 0.6 is 0 Å². The van der Waals surface area contributed by atoms with Gasteiger partial charge in [0.15, 0.2) is 0 Å². The molecule has 0 aliphatic heterocycles. The number of nitrogens with two attached hydrogens (primary N) is 1. The molecule has 4 N–H and O–H groups in total. The van der Waals surface area contributed by atoms with E-state index in [1.54, 1.807) is 18.2 Å². The summed E-state index contributed by atoms with van der Waals surface area (Å²) in [5, 5.41) is 12.2. The van der Waals surface area contributed by atoms with E-state index < -0.39 is 6.03 Å². The summed E-state index contributed by atoms with van der Waals surface area (Å²) in [6.07, 6.45) is 0. The molecule has 0 radical (unpaired) electrons. The van der Waals surface area contributed by atoms with Crippen molar-refractivity contribution in [3.8, 4) is 22.6 Å². The first-order valence-corrected chi connectivity index (χ1v) is 9.01. The van der Waals surface area contributed by atoms with Crippen LogP contribution in [0, 0.1) is 0 Å². The molecular weight excluding hydrogens is 370 g/mol. The van der Waals surface area contributed by atoms with Gasteiger partial charge in [0.1, 0.15) is 11.5 Å². The summed E-state index contributed by atoms with van der Waals surface area (Å²) in [6.45, 7) is -0.0370. The maximum Gasteiger partial charge on any atom is 0.338 e. The first-order valence-electron chi connectivity index (χ1n) is 9.01. The lowest BCUT2D eigenvalue weighted by atomic mass is 10.0. The van der Waals surface area contributed by atoms with Crippen molar-refractivity contribution in [1.29, 1.82) is 0 Å². The fourth-order valence-corrected chi connectivity index (χ4v) is 2.73. The van der Waals surface area contributed by atoms with Crippen LogP contribution in [-0.4, -0.2) is 35.3 Å². The minimum atomic E-state index is -0.976. The Morgan fingerprint density at radius 2 is 1.69 bits per heavy atom. The Balaban J connectivity index is 1.76. The molecule has 148 valence electrons. The summed E-state index contributed by atoms with van der Waals surface area (Å²) >= 11 is 0. The van der Waals surface area contributed by atoms with Gasteiger partial charge in [0.2, 0.25) is 0 Å². The van der Waals surface area contributed by atoms with Crippen molar-refractivity contribution in [2.75, 3.05) is 13.1 Å². The van der Waals surface area contributed by atoms with Gasteiger partial charge in [-0.25, -0.2) is 9.86 Å². The first kappa shape index (κ1) is 19.9. The quantitative estimate of drug-likeness (QED) is 0.422. The van der Waals surface area contributed by atoms with E-state index in [4.69, 9.17) is 10.5 Å². The maximum atomic E-state index is 12.4. The van der Waals surface area contributed by atoms with Crippen molar-refractivity contribution in [1.82, 2.24) is 10.4 Å². The van der Waals surface area contributed by atoms with Crippen molar-refractivity contribution in [3.63, 3.8) is 0 Å². The number of urea groups is 1. The number of hydrogen-bond donors (Lipinski definition) is 3. The molecule has 3 aromatic rings. The van der Waals surface area contributed by atoms with Gasteiger partial charge in [0.05, 0.1) is 6.54 Å². The maximum absolute atomic E-state index is 12.4. The fraction of sp³-hybridized carbons (Fsp3) is 0.0909. The molecule has 0 aromatic heterocycles. The number of para-hydroxylation sites is 2. The molecule has 7 nitrogen and oxygen atoms in total. The minimum Gasteiger partial charge on any atom is -0.457 e. The van der Waals surface area contributed by atoms with Gasteiger partial charge in [0, 0.05) is 17.7 Å². The summed E-state index contributed by atoms with van der Waals surface area (Å²) in [4.78, 5) is 23.2. The van der Waals surface area contributed by atoms with Gasteiger partial charge in [0.25, 0.3) is 5.91 Å². The second kappa shape index (κ2) is 9.38. The van der Waals surface area contributed by atoms with Crippen molar-refractivity contribution in [3.05, 3.63) is 84.4 Å². The molecule has 0 saturated carbocycles. The minimum absolute atomic E-state index is 0.0657. The zero-order chi connectivity index (χ0) is 20.6. The molecule has 3 rings (SSSR count). The summed E-state index contributed by atoms with van der Waals surface area (Å²) in [5.74, 6) is 1.07. The smallest absolute Gasteiger partial charge is 0.338 e. The number of nitrogens with one attached hydrogen (secondary N) is 1. The van der Waals surface area contributed by atoms with E-state index in [9.17, 15) is 14.8 Å². The highest BCUT2D eigenvalue weighted by Crippen LogP contribution is 2.33. The standard InChI is InChI=1S/C22H21N3O4/c23-22(27)25(28)14-13-24-21(26)17-8-6-7-16(15-17)19-11-4-5-12-20(19)29-18-9-2-1-3-10-18/h1-12,15,28H,13-14H2,(H2,23,27)(H,24,26).